The summed E-state index contributed by atoms with van der Waals surface area (Å²) in [7, 11) is -8.29. The van der Waals surface area contributed by atoms with E-state index < -0.39 is 25.2 Å². The van der Waals surface area contributed by atoms with E-state index in [9.17, 15) is 16.8 Å². The molecule has 3 N–H and O–H groups in total. The largest absolute Gasteiger partial charge is 0.373 e. The lowest BCUT2D eigenvalue weighted by Crippen LogP contribution is -2.30. The monoisotopic (exact) mass is 298 g/mol. The highest BCUT2D eigenvalue weighted by atomic mass is 32.2. The van der Waals surface area contributed by atoms with Crippen molar-refractivity contribution < 1.29 is 31.0 Å². The van der Waals surface area contributed by atoms with E-state index in [-0.39, 0.29) is 4.90 Å². The van der Waals surface area contributed by atoms with Crippen molar-refractivity contribution in [3.8, 4) is 0 Å². The van der Waals surface area contributed by atoms with Gasteiger partial charge in [0.15, 0.2) is 4.93 Å². The van der Waals surface area contributed by atoms with Gasteiger partial charge in [0.1, 0.15) is 0 Å². The molecular weight excluding hydrogens is 284 g/mol. The summed E-state index contributed by atoms with van der Waals surface area (Å²) in [6.45, 7) is 1.98. The van der Waals surface area contributed by atoms with Crippen LogP contribution in [0.15, 0.2) is 35.2 Å². The van der Waals surface area contributed by atoms with E-state index >= 15 is 0 Å². The van der Waals surface area contributed by atoms with Crippen molar-refractivity contribution in [3.05, 3.63) is 30.3 Å². The molecule has 0 aliphatic rings. The summed E-state index contributed by atoms with van der Waals surface area (Å²) >= 11 is 0. The fraction of sp³-hybridized carbons (Fsp3) is 0.333. The molecule has 0 heterocycles. The fourth-order valence-electron chi connectivity index (χ4n) is 0.592. The third kappa shape index (κ3) is 6.07. The number of hydrogen-bond donors (Lipinski definition) is 3. The van der Waals surface area contributed by atoms with E-state index in [1.165, 1.54) is 12.1 Å². The Morgan fingerprint density at radius 3 is 1.44 bits per heavy atom. The fourth-order valence-corrected chi connectivity index (χ4v) is 1.09. The van der Waals surface area contributed by atoms with Gasteiger partial charge in [-0.25, -0.2) is 0 Å². The lowest BCUT2D eigenvalue weighted by atomic mass is 10.4. The van der Waals surface area contributed by atoms with Gasteiger partial charge in [-0.1, -0.05) is 18.2 Å². The van der Waals surface area contributed by atoms with Crippen LogP contribution >= 0.6 is 0 Å². The first-order chi connectivity index (χ1) is 7.86. The molecule has 0 saturated heterocycles. The second kappa shape index (κ2) is 5.76. The smallest absolute Gasteiger partial charge is 0.294 e. The van der Waals surface area contributed by atoms with Gasteiger partial charge in [-0.3, -0.25) is 9.11 Å². The van der Waals surface area contributed by atoms with E-state index in [1.54, 1.807) is 18.2 Å². The predicted octanol–water partition coefficient (Wildman–Crippen LogP) is 0.536. The lowest BCUT2D eigenvalue weighted by Gasteiger charge is -2.10. The van der Waals surface area contributed by atoms with Gasteiger partial charge in [-0.05, 0) is 26.0 Å². The number of aliphatic hydroxyl groups is 1. The zero-order chi connectivity index (χ0) is 14.6. The summed E-state index contributed by atoms with van der Waals surface area (Å²) in [5.41, 5.74) is 0. The van der Waals surface area contributed by atoms with Crippen molar-refractivity contribution in [2.24, 2.45) is 0 Å². The van der Waals surface area contributed by atoms with Crippen LogP contribution in [0.3, 0.4) is 0 Å². The van der Waals surface area contributed by atoms with Gasteiger partial charge < -0.3 is 5.11 Å². The second-order valence-corrected chi connectivity index (χ2v) is 7.08. The molecule has 0 aliphatic heterocycles. The molecule has 0 bridgehead atoms. The molecule has 9 heteroatoms. The van der Waals surface area contributed by atoms with Gasteiger partial charge in [0.05, 0.1) is 4.90 Å². The molecule has 18 heavy (non-hydrogen) atoms. The Kier molecular flexibility index (Phi) is 5.44. The van der Waals surface area contributed by atoms with Crippen molar-refractivity contribution in [2.45, 2.75) is 23.7 Å². The van der Waals surface area contributed by atoms with Gasteiger partial charge in [0.25, 0.3) is 20.2 Å². The Morgan fingerprint density at radius 2 is 1.28 bits per heavy atom. The molecular formula is C9H14O7S2. The first-order valence-corrected chi connectivity index (χ1v) is 7.45. The Balaban J connectivity index is 0.000000331. The van der Waals surface area contributed by atoms with Crippen molar-refractivity contribution in [1.82, 2.24) is 0 Å². The van der Waals surface area contributed by atoms with Crippen molar-refractivity contribution in [1.29, 1.82) is 0 Å². The van der Waals surface area contributed by atoms with Crippen LogP contribution in [0.5, 0.6) is 0 Å². The molecule has 0 atom stereocenters. The molecule has 0 fully saturated rings. The van der Waals surface area contributed by atoms with E-state index in [2.05, 4.69) is 0 Å². The van der Waals surface area contributed by atoms with Crippen molar-refractivity contribution in [3.63, 3.8) is 0 Å². The molecule has 0 saturated carbocycles. The average molecular weight is 298 g/mol. The second-order valence-electron chi connectivity index (χ2n) is 3.71. The zero-order valence-corrected chi connectivity index (χ0v) is 11.3. The van der Waals surface area contributed by atoms with E-state index in [0.717, 1.165) is 13.8 Å². The van der Waals surface area contributed by atoms with Crippen LogP contribution in [0.1, 0.15) is 13.8 Å². The molecule has 104 valence electrons. The van der Waals surface area contributed by atoms with Crippen molar-refractivity contribution >= 4 is 20.2 Å². The summed E-state index contributed by atoms with van der Waals surface area (Å²) < 4.78 is 57.2. The van der Waals surface area contributed by atoms with Crippen LogP contribution < -0.4 is 0 Å². The van der Waals surface area contributed by atoms with Gasteiger partial charge in [0.2, 0.25) is 0 Å². The molecule has 0 radical (unpaired) electrons. The van der Waals surface area contributed by atoms with Gasteiger partial charge >= 0.3 is 0 Å². The molecule has 1 rings (SSSR count). The maximum Gasteiger partial charge on any atom is 0.294 e. The van der Waals surface area contributed by atoms with Crippen LogP contribution in [0.4, 0.5) is 0 Å². The number of benzene rings is 1. The summed E-state index contributed by atoms with van der Waals surface area (Å²) in [6.07, 6.45) is 0. The molecule has 1 aromatic rings. The highest BCUT2D eigenvalue weighted by Crippen LogP contribution is 2.07. The minimum atomic E-state index is -4.28. The Bertz CT molecular complexity index is 567. The normalized spacial score (nSPS) is 12.5. The summed E-state index contributed by atoms with van der Waals surface area (Å²) in [4.78, 5) is -2.11. The summed E-state index contributed by atoms with van der Waals surface area (Å²) in [5.74, 6) is 0. The first-order valence-electron chi connectivity index (χ1n) is 4.57. The average Bonchev–Trinajstić information content (AvgIpc) is 2.15. The SMILES string of the molecule is CC(C)(O)S(=O)(=O)O.O=S(=O)(O)c1ccccc1. The van der Waals surface area contributed by atoms with Crippen LogP contribution in [0.25, 0.3) is 0 Å². The standard InChI is InChI=1S/C6H6O3S.C3H8O4S/c7-10(8,9)6-4-2-1-3-5-6;1-3(2,4)8(5,6)7/h1-5H,(H,7,8,9);4H,1-2H3,(H,5,6,7). The number of rotatable bonds is 2. The molecule has 0 aliphatic carbocycles. The van der Waals surface area contributed by atoms with Crippen LogP contribution in [0, 0.1) is 0 Å². The summed E-state index contributed by atoms with van der Waals surface area (Å²) in [6, 6.07) is 7.42. The molecule has 7 nitrogen and oxygen atoms in total. The Hall–Kier alpha value is -1.00. The third-order valence-corrected chi connectivity index (χ3v) is 3.80. The molecule has 0 amide bonds. The molecule has 0 unspecified atom stereocenters. The molecule has 1 aromatic carbocycles. The maximum atomic E-state index is 10.4. The first kappa shape index (κ1) is 17.0. The Morgan fingerprint density at radius 1 is 0.944 bits per heavy atom. The minimum absolute atomic E-state index is 0.0741. The number of hydrogen-bond acceptors (Lipinski definition) is 5. The van der Waals surface area contributed by atoms with Crippen LogP contribution in [0.2, 0.25) is 0 Å². The van der Waals surface area contributed by atoms with E-state index in [0.29, 0.717) is 0 Å². The predicted molar refractivity (Wildman–Crippen MR) is 64.1 cm³/mol. The minimum Gasteiger partial charge on any atom is -0.373 e. The zero-order valence-electron chi connectivity index (χ0n) is 9.68. The van der Waals surface area contributed by atoms with Crippen molar-refractivity contribution in [2.75, 3.05) is 0 Å². The van der Waals surface area contributed by atoms with E-state index in [4.69, 9.17) is 14.2 Å². The molecule has 0 spiro atoms. The van der Waals surface area contributed by atoms with Gasteiger partial charge in [-0.15, -0.1) is 0 Å². The van der Waals surface area contributed by atoms with Gasteiger partial charge in [-0.2, -0.15) is 16.8 Å². The molecule has 0 aromatic heterocycles. The quantitative estimate of drug-likeness (QED) is 0.679. The Labute approximate surface area is 106 Å². The van der Waals surface area contributed by atoms with Crippen LogP contribution in [-0.4, -0.2) is 36.0 Å². The lowest BCUT2D eigenvalue weighted by molar-refractivity contribution is 0.152. The van der Waals surface area contributed by atoms with E-state index in [1.807, 2.05) is 0 Å². The van der Waals surface area contributed by atoms with Gasteiger partial charge in [0, 0.05) is 0 Å². The van der Waals surface area contributed by atoms with Crippen LogP contribution in [-0.2, 0) is 20.2 Å². The third-order valence-electron chi connectivity index (χ3n) is 1.67. The highest BCUT2D eigenvalue weighted by Gasteiger charge is 2.28. The summed E-state index contributed by atoms with van der Waals surface area (Å²) in [5, 5.41) is 8.52. The maximum absolute atomic E-state index is 10.4. The highest BCUT2D eigenvalue weighted by molar-refractivity contribution is 7.87. The topological polar surface area (TPSA) is 129 Å².